The predicted molar refractivity (Wildman–Crippen MR) is 117 cm³/mol. The average Bonchev–Trinajstić information content (AvgIpc) is 3.42. The summed E-state index contributed by atoms with van der Waals surface area (Å²) in [5.74, 6) is -0.436. The highest BCUT2D eigenvalue weighted by molar-refractivity contribution is 7.90. The van der Waals surface area contributed by atoms with E-state index in [2.05, 4.69) is 15.6 Å². The minimum absolute atomic E-state index is 0.0827. The lowest BCUT2D eigenvalue weighted by atomic mass is 10.1. The second-order valence-electron chi connectivity index (χ2n) is 7.11. The maximum Gasteiger partial charge on any atom is 0.251 e. The van der Waals surface area contributed by atoms with Gasteiger partial charge in [0.15, 0.2) is 15.0 Å². The molecule has 0 unspecified atom stereocenters. The Morgan fingerprint density at radius 2 is 1.87 bits per heavy atom. The molecule has 2 aromatic carbocycles. The summed E-state index contributed by atoms with van der Waals surface area (Å²) in [7, 11) is -3.30. The van der Waals surface area contributed by atoms with E-state index in [0.29, 0.717) is 27.0 Å². The maximum atomic E-state index is 12.2. The van der Waals surface area contributed by atoms with Crippen molar-refractivity contribution >= 4 is 54.4 Å². The van der Waals surface area contributed by atoms with Gasteiger partial charge in [-0.1, -0.05) is 23.5 Å². The number of anilines is 1. The van der Waals surface area contributed by atoms with E-state index in [0.717, 1.165) is 24.7 Å². The van der Waals surface area contributed by atoms with Gasteiger partial charge in [0, 0.05) is 23.9 Å². The molecule has 0 bridgehead atoms. The van der Waals surface area contributed by atoms with Crippen molar-refractivity contribution < 1.29 is 18.0 Å². The number of thiazole rings is 1. The van der Waals surface area contributed by atoms with Gasteiger partial charge in [0.05, 0.1) is 15.1 Å². The lowest BCUT2D eigenvalue weighted by Gasteiger charge is -2.03. The third kappa shape index (κ3) is 4.92. The van der Waals surface area contributed by atoms with Crippen molar-refractivity contribution in [2.45, 2.75) is 23.8 Å². The molecule has 1 fully saturated rings. The number of carbonyl (C=O) groups excluding carboxylic acids is 2. The molecule has 1 aliphatic carbocycles. The van der Waals surface area contributed by atoms with E-state index in [1.807, 2.05) is 0 Å². The van der Waals surface area contributed by atoms with E-state index in [-0.39, 0.29) is 16.7 Å². The van der Waals surface area contributed by atoms with Crippen LogP contribution < -0.4 is 10.6 Å². The molecule has 3 aromatic rings. The van der Waals surface area contributed by atoms with Gasteiger partial charge in [-0.25, -0.2) is 13.4 Å². The summed E-state index contributed by atoms with van der Waals surface area (Å²) in [6.07, 6.45) is 6.25. The van der Waals surface area contributed by atoms with E-state index in [9.17, 15) is 18.0 Å². The highest BCUT2D eigenvalue weighted by atomic mass is 32.2. The van der Waals surface area contributed by atoms with Crippen LogP contribution in [0.5, 0.6) is 0 Å². The Morgan fingerprint density at radius 3 is 2.53 bits per heavy atom. The predicted octanol–water partition coefficient (Wildman–Crippen LogP) is 3.24. The fourth-order valence-corrected chi connectivity index (χ4v) is 4.38. The van der Waals surface area contributed by atoms with Gasteiger partial charge in [0.25, 0.3) is 5.91 Å². The Morgan fingerprint density at radius 1 is 1.13 bits per heavy atom. The van der Waals surface area contributed by atoms with Crippen molar-refractivity contribution in [3.63, 3.8) is 0 Å². The summed E-state index contributed by atoms with van der Waals surface area (Å²) >= 11 is 1.21. The Hall–Kier alpha value is -3.04. The molecule has 1 heterocycles. The molecule has 1 saturated carbocycles. The number of nitrogens with zero attached hydrogens (tertiary/aromatic N) is 1. The molecule has 0 radical (unpaired) electrons. The van der Waals surface area contributed by atoms with Crippen molar-refractivity contribution in [3.05, 3.63) is 59.7 Å². The molecule has 9 heteroatoms. The summed E-state index contributed by atoms with van der Waals surface area (Å²) in [5.41, 5.74) is 1.99. The SMILES string of the molecule is CS(=O)(=O)c1ccc2nc(NC(=O)/C=C/c3ccc(C(=O)NC4CC4)cc3)sc2c1. The molecule has 2 amide bonds. The zero-order chi connectivity index (χ0) is 21.3. The highest BCUT2D eigenvalue weighted by Gasteiger charge is 2.23. The van der Waals surface area contributed by atoms with Gasteiger partial charge in [0.2, 0.25) is 5.91 Å². The van der Waals surface area contributed by atoms with E-state index in [1.54, 1.807) is 42.5 Å². The molecule has 4 rings (SSSR count). The molecule has 0 atom stereocenters. The van der Waals surface area contributed by atoms with Crippen molar-refractivity contribution in [1.82, 2.24) is 10.3 Å². The molecule has 0 aliphatic heterocycles. The van der Waals surface area contributed by atoms with Crippen molar-refractivity contribution in [1.29, 1.82) is 0 Å². The first kappa shape index (κ1) is 20.2. The van der Waals surface area contributed by atoms with Crippen molar-refractivity contribution in [3.8, 4) is 0 Å². The normalized spacial score (nSPS) is 14.2. The number of benzene rings is 2. The summed E-state index contributed by atoms with van der Waals surface area (Å²) in [6, 6.07) is 12.0. The van der Waals surface area contributed by atoms with Gasteiger partial charge < -0.3 is 5.32 Å². The number of carbonyl (C=O) groups is 2. The van der Waals surface area contributed by atoms with Crippen LogP contribution in [0.3, 0.4) is 0 Å². The molecule has 0 spiro atoms. The number of aromatic nitrogens is 1. The Bertz CT molecular complexity index is 1260. The van der Waals surface area contributed by atoms with Crippen LogP contribution in [0.1, 0.15) is 28.8 Å². The summed E-state index contributed by atoms with van der Waals surface area (Å²) in [4.78, 5) is 28.7. The van der Waals surface area contributed by atoms with Crippen LogP contribution in [0.15, 0.2) is 53.4 Å². The van der Waals surface area contributed by atoms with Crippen molar-refractivity contribution in [2.75, 3.05) is 11.6 Å². The number of sulfone groups is 1. The zero-order valence-corrected chi connectivity index (χ0v) is 17.7. The molecule has 7 nitrogen and oxygen atoms in total. The van der Waals surface area contributed by atoms with E-state index in [1.165, 1.54) is 23.5 Å². The summed E-state index contributed by atoms with van der Waals surface area (Å²) < 4.78 is 24.0. The third-order valence-electron chi connectivity index (χ3n) is 4.53. The molecule has 0 saturated heterocycles. The molecule has 1 aliphatic rings. The van der Waals surface area contributed by atoms with Crippen LogP contribution >= 0.6 is 11.3 Å². The fourth-order valence-electron chi connectivity index (χ4n) is 2.75. The first-order valence-electron chi connectivity index (χ1n) is 9.28. The number of hydrogen-bond acceptors (Lipinski definition) is 6. The highest BCUT2D eigenvalue weighted by Crippen LogP contribution is 2.28. The van der Waals surface area contributed by atoms with Gasteiger partial charge in [-0.3, -0.25) is 14.9 Å². The largest absolute Gasteiger partial charge is 0.349 e. The van der Waals surface area contributed by atoms with Gasteiger partial charge in [0.1, 0.15) is 0 Å². The molecular weight excluding hydrogens is 422 g/mol. The number of rotatable bonds is 6. The molecular formula is C21H19N3O4S2. The summed E-state index contributed by atoms with van der Waals surface area (Å²) in [6.45, 7) is 0. The van der Waals surface area contributed by atoms with Crippen LogP contribution in [0.25, 0.3) is 16.3 Å². The number of nitrogens with one attached hydrogen (secondary N) is 2. The lowest BCUT2D eigenvalue weighted by molar-refractivity contribution is -0.111. The number of amides is 2. The number of fused-ring (bicyclic) bond motifs is 1. The topological polar surface area (TPSA) is 105 Å². The molecule has 154 valence electrons. The smallest absolute Gasteiger partial charge is 0.251 e. The average molecular weight is 442 g/mol. The zero-order valence-electron chi connectivity index (χ0n) is 16.1. The first-order valence-corrected chi connectivity index (χ1v) is 12.0. The Kier molecular flexibility index (Phi) is 5.40. The van der Waals surface area contributed by atoms with Crippen LogP contribution in [-0.2, 0) is 14.6 Å². The standard InChI is InChI=1S/C21H19N3O4S2/c1-30(27,28)16-9-10-17-18(12-16)29-21(23-17)24-19(25)11-4-13-2-5-14(6-3-13)20(26)22-15-7-8-15/h2-6,9-12,15H,7-8H2,1H3,(H,22,26)(H,23,24,25)/b11-4+. The van der Waals surface area contributed by atoms with E-state index >= 15 is 0 Å². The van der Waals surface area contributed by atoms with Gasteiger partial charge >= 0.3 is 0 Å². The fraction of sp³-hybridized carbons (Fsp3) is 0.190. The van der Waals surface area contributed by atoms with Crippen molar-refractivity contribution in [2.24, 2.45) is 0 Å². The van der Waals surface area contributed by atoms with Crippen LogP contribution in [0.2, 0.25) is 0 Å². The summed E-state index contributed by atoms with van der Waals surface area (Å²) in [5, 5.41) is 6.00. The maximum absolute atomic E-state index is 12.2. The number of hydrogen-bond donors (Lipinski definition) is 2. The lowest BCUT2D eigenvalue weighted by Crippen LogP contribution is -2.25. The van der Waals surface area contributed by atoms with E-state index in [4.69, 9.17) is 0 Å². The second kappa shape index (κ2) is 8.00. The molecule has 2 N–H and O–H groups in total. The third-order valence-corrected chi connectivity index (χ3v) is 6.57. The molecule has 1 aromatic heterocycles. The van der Waals surface area contributed by atoms with Crippen LogP contribution in [0, 0.1) is 0 Å². The second-order valence-corrected chi connectivity index (χ2v) is 10.2. The quantitative estimate of drug-likeness (QED) is 0.572. The monoisotopic (exact) mass is 441 g/mol. The van der Waals surface area contributed by atoms with Crippen LogP contribution in [0.4, 0.5) is 5.13 Å². The minimum atomic E-state index is -3.30. The van der Waals surface area contributed by atoms with Gasteiger partial charge in [-0.2, -0.15) is 0 Å². The first-order chi connectivity index (χ1) is 14.3. The molecule has 30 heavy (non-hydrogen) atoms. The van der Waals surface area contributed by atoms with Gasteiger partial charge in [-0.15, -0.1) is 0 Å². The van der Waals surface area contributed by atoms with Gasteiger partial charge in [-0.05, 0) is 54.8 Å². The van der Waals surface area contributed by atoms with E-state index < -0.39 is 9.84 Å². The Labute approximate surface area is 177 Å². The Balaban J connectivity index is 1.40. The van der Waals surface area contributed by atoms with Crippen LogP contribution in [-0.4, -0.2) is 37.5 Å². The minimum Gasteiger partial charge on any atom is -0.349 e.